The van der Waals surface area contributed by atoms with Gasteiger partial charge in [0, 0.05) is 13.1 Å². The van der Waals surface area contributed by atoms with Crippen LogP contribution in [0.3, 0.4) is 0 Å². The molecule has 0 unspecified atom stereocenters. The molecule has 0 saturated carbocycles. The number of hydrogen-bond acceptors (Lipinski definition) is 6. The number of carbonyl (C=O) groups excluding carboxylic acids is 2. The van der Waals surface area contributed by atoms with Crippen LogP contribution in [0.2, 0.25) is 0 Å². The number of carboxylic acid groups (broad SMARTS) is 2. The second-order valence-corrected chi connectivity index (χ2v) is 15.1. The van der Waals surface area contributed by atoms with Gasteiger partial charge >= 0.3 is 37.7 Å². The molecule has 0 amide bonds. The average Bonchev–Trinajstić information content (AvgIpc) is 3.14. The fourth-order valence-electron chi connectivity index (χ4n) is 6.33. The van der Waals surface area contributed by atoms with Gasteiger partial charge < -0.3 is 19.8 Å². The largest absolute Gasteiger partial charge is 2.00 e. The molecule has 0 aliphatic heterocycles. The molecule has 0 aliphatic rings. The van der Waals surface area contributed by atoms with Gasteiger partial charge in [0.25, 0.3) is 0 Å². The summed E-state index contributed by atoms with van der Waals surface area (Å²) in [6.07, 6.45) is 52.0. The number of unbranched alkanes of at least 4 members (excludes halogenated alkanes) is 20. The van der Waals surface area contributed by atoms with Gasteiger partial charge in [-0.25, -0.2) is 0 Å². The van der Waals surface area contributed by atoms with Crippen molar-refractivity contribution in [1.82, 2.24) is 9.80 Å². The summed E-state index contributed by atoms with van der Waals surface area (Å²) in [5, 5.41) is 21.9. The molecule has 0 radical (unpaired) electrons. The molecular weight excluding hydrogens is 709 g/mol. The van der Waals surface area contributed by atoms with Gasteiger partial charge in [-0.15, -0.1) is 0 Å². The molecule has 0 fully saturated rings. The summed E-state index contributed by atoms with van der Waals surface area (Å²) < 4.78 is 0. The van der Waals surface area contributed by atoms with Crippen molar-refractivity contribution in [1.29, 1.82) is 0 Å². The number of rotatable bonds is 40. The van der Waals surface area contributed by atoms with Crippen molar-refractivity contribution >= 4 is 49.7 Å². The monoisotopic (exact) mass is 797 g/mol. The summed E-state index contributed by atoms with van der Waals surface area (Å²) in [5.74, 6) is -1.93. The number of carbonyl (C=O) groups is 2. The van der Waals surface area contributed by atoms with Crippen molar-refractivity contribution in [3.05, 3.63) is 48.6 Å². The molecule has 0 aromatic heterocycles. The Labute approximate surface area is 372 Å². The van der Waals surface area contributed by atoms with Gasteiger partial charge in [-0.2, -0.15) is 0 Å². The van der Waals surface area contributed by atoms with Crippen molar-refractivity contribution in [2.45, 2.75) is 207 Å². The number of nitrogens with zero attached hydrogens (tertiary/aromatic N) is 2. The standard InChI is InChI=1S/2C24H45NO2.Ca/c2*1-3-5-7-9-11-13-15-17-19-21-25(23-24(26)27)22-20-18-16-14-12-10-8-6-4-2;/h2*13-16H,3-12,17-23H2,1-2H3,(H,26,27);/q;;+2/p-2/b2*15-13+,16-14+;. The Morgan fingerprint density at radius 1 is 0.345 bits per heavy atom. The van der Waals surface area contributed by atoms with E-state index in [1.54, 1.807) is 0 Å². The van der Waals surface area contributed by atoms with E-state index in [2.05, 4.69) is 76.3 Å². The molecule has 0 heterocycles. The zero-order chi connectivity index (χ0) is 40.0. The number of allylic oxidation sites excluding steroid dienone is 8. The average molecular weight is 797 g/mol. The van der Waals surface area contributed by atoms with Crippen molar-refractivity contribution in [3.8, 4) is 0 Å². The molecule has 0 saturated heterocycles. The first-order chi connectivity index (χ1) is 26.4. The van der Waals surface area contributed by atoms with Gasteiger partial charge in [-0.1, -0.05) is 153 Å². The third-order valence-electron chi connectivity index (χ3n) is 9.65. The fourth-order valence-corrected chi connectivity index (χ4v) is 6.33. The van der Waals surface area contributed by atoms with E-state index in [9.17, 15) is 19.8 Å². The maximum atomic E-state index is 10.9. The summed E-state index contributed by atoms with van der Waals surface area (Å²) >= 11 is 0. The Balaban J connectivity index is -0.000000966. The van der Waals surface area contributed by atoms with Crippen molar-refractivity contribution in [2.24, 2.45) is 0 Å². The van der Waals surface area contributed by atoms with E-state index in [1.165, 1.54) is 128 Å². The molecule has 0 rings (SSSR count). The topological polar surface area (TPSA) is 86.7 Å². The van der Waals surface area contributed by atoms with Gasteiger partial charge in [0.2, 0.25) is 0 Å². The fraction of sp³-hybridized carbons (Fsp3) is 0.792. The summed E-state index contributed by atoms with van der Waals surface area (Å²) in [6, 6.07) is 0. The van der Waals surface area contributed by atoms with Crippen LogP contribution < -0.4 is 10.2 Å². The van der Waals surface area contributed by atoms with Crippen molar-refractivity contribution in [2.75, 3.05) is 39.3 Å². The Bertz CT molecular complexity index is 776. The van der Waals surface area contributed by atoms with Gasteiger partial charge in [0.1, 0.15) is 0 Å². The number of carboxylic acids is 2. The maximum Gasteiger partial charge on any atom is 2.00 e. The predicted octanol–water partition coefficient (Wildman–Crippen LogP) is 10.9. The minimum absolute atomic E-state index is 0. The molecule has 0 spiro atoms. The molecule has 55 heavy (non-hydrogen) atoms. The minimum atomic E-state index is -0.965. The second kappa shape index (κ2) is 51.1. The molecule has 7 heteroatoms. The van der Waals surface area contributed by atoms with Crippen LogP contribution in [0.15, 0.2) is 48.6 Å². The van der Waals surface area contributed by atoms with Crippen LogP contribution >= 0.6 is 0 Å². The van der Waals surface area contributed by atoms with E-state index in [1.807, 2.05) is 9.80 Å². The van der Waals surface area contributed by atoms with Crippen molar-refractivity contribution in [3.63, 3.8) is 0 Å². The molecule has 0 aromatic carbocycles. The van der Waals surface area contributed by atoms with E-state index >= 15 is 0 Å². The third-order valence-corrected chi connectivity index (χ3v) is 9.65. The summed E-state index contributed by atoms with van der Waals surface area (Å²) in [7, 11) is 0. The van der Waals surface area contributed by atoms with Gasteiger partial charge in [-0.05, 0) is 129 Å². The molecule has 0 bridgehead atoms. The van der Waals surface area contributed by atoms with Crippen molar-refractivity contribution < 1.29 is 19.8 Å². The quantitative estimate of drug-likeness (QED) is 0.0349. The van der Waals surface area contributed by atoms with E-state index in [0.717, 1.165) is 77.5 Å². The Morgan fingerprint density at radius 3 is 0.727 bits per heavy atom. The van der Waals surface area contributed by atoms with Crippen LogP contribution in [0.5, 0.6) is 0 Å². The molecule has 0 atom stereocenters. The van der Waals surface area contributed by atoms with Crippen LogP contribution in [-0.4, -0.2) is 98.7 Å². The summed E-state index contributed by atoms with van der Waals surface area (Å²) in [4.78, 5) is 26.0. The van der Waals surface area contributed by atoms with Gasteiger partial charge in [0.15, 0.2) is 0 Å². The normalized spacial score (nSPS) is 11.7. The first-order valence-corrected chi connectivity index (χ1v) is 22.8. The molecule has 0 aromatic rings. The Hall–Kier alpha value is -0.920. The molecule has 0 aliphatic carbocycles. The van der Waals surface area contributed by atoms with Gasteiger partial charge in [0.05, 0.1) is 11.9 Å². The molecule has 316 valence electrons. The minimum Gasteiger partial charge on any atom is -0.549 e. The van der Waals surface area contributed by atoms with Crippen LogP contribution in [-0.2, 0) is 9.59 Å². The van der Waals surface area contributed by atoms with E-state index < -0.39 is 11.9 Å². The Morgan fingerprint density at radius 2 is 0.545 bits per heavy atom. The van der Waals surface area contributed by atoms with E-state index in [4.69, 9.17) is 0 Å². The number of aliphatic carboxylic acids is 2. The van der Waals surface area contributed by atoms with Crippen LogP contribution in [0, 0.1) is 0 Å². The summed E-state index contributed by atoms with van der Waals surface area (Å²) in [5.41, 5.74) is 0. The van der Waals surface area contributed by atoms with Gasteiger partial charge in [-0.3, -0.25) is 9.80 Å². The maximum absolute atomic E-state index is 10.9. The number of hydrogen-bond donors (Lipinski definition) is 0. The smallest absolute Gasteiger partial charge is 0.549 e. The van der Waals surface area contributed by atoms with E-state index in [-0.39, 0.29) is 50.8 Å². The van der Waals surface area contributed by atoms with Crippen LogP contribution in [0.1, 0.15) is 207 Å². The SMILES string of the molecule is CCCCCC/C=C/CCCN(CCC/C=C/CCCCCC)CC(=O)[O-].CCCCCC/C=C/CCCN(CCC/C=C/CCCCCC)CC(=O)[O-].[Ca+2]. The molecular formula is C48H88CaN2O4. The first-order valence-electron chi connectivity index (χ1n) is 22.8. The summed E-state index contributed by atoms with van der Waals surface area (Å²) in [6.45, 7) is 12.4. The predicted molar refractivity (Wildman–Crippen MR) is 237 cm³/mol. The van der Waals surface area contributed by atoms with E-state index in [0.29, 0.717) is 0 Å². The Kier molecular flexibility index (Phi) is 54.3. The van der Waals surface area contributed by atoms with Crippen LogP contribution in [0.4, 0.5) is 0 Å². The second-order valence-electron chi connectivity index (χ2n) is 15.1. The first kappa shape index (κ1) is 58.4. The zero-order valence-electron chi connectivity index (χ0n) is 36.9. The molecule has 0 N–H and O–H groups in total. The van der Waals surface area contributed by atoms with Crippen LogP contribution in [0.25, 0.3) is 0 Å². The third kappa shape index (κ3) is 53.1. The molecule has 6 nitrogen and oxygen atoms in total. The zero-order valence-corrected chi connectivity index (χ0v) is 39.1.